The van der Waals surface area contributed by atoms with Gasteiger partial charge < -0.3 is 14.7 Å². The van der Waals surface area contributed by atoms with E-state index in [0.717, 1.165) is 56.6 Å². The van der Waals surface area contributed by atoms with Crippen molar-refractivity contribution in [2.24, 2.45) is 0 Å². The van der Waals surface area contributed by atoms with Crippen molar-refractivity contribution in [3.63, 3.8) is 0 Å². The van der Waals surface area contributed by atoms with E-state index in [1.165, 1.54) is 37.8 Å². The molecular weight excluding hydrogens is 329 g/mol. The number of aromatic nitrogens is 2. The zero-order valence-electron chi connectivity index (χ0n) is 15.1. The van der Waals surface area contributed by atoms with Crippen molar-refractivity contribution in [1.82, 2.24) is 9.97 Å². The highest BCUT2D eigenvalue weighted by molar-refractivity contribution is 5.53. The summed E-state index contributed by atoms with van der Waals surface area (Å²) >= 11 is 0. The number of hydrogen-bond acceptors (Lipinski definition) is 5. The maximum absolute atomic E-state index is 13.1. The molecule has 0 radical (unpaired) electrons. The normalized spacial score (nSPS) is 18.7. The van der Waals surface area contributed by atoms with Gasteiger partial charge in [-0.3, -0.25) is 0 Å². The van der Waals surface area contributed by atoms with Crippen molar-refractivity contribution < 1.29 is 4.39 Å². The van der Waals surface area contributed by atoms with Crippen LogP contribution < -0.4 is 14.7 Å². The Kier molecular flexibility index (Phi) is 5.18. The van der Waals surface area contributed by atoms with Crippen LogP contribution in [-0.4, -0.2) is 49.2 Å². The lowest BCUT2D eigenvalue weighted by Gasteiger charge is -2.37. The van der Waals surface area contributed by atoms with E-state index in [1.54, 1.807) is 6.33 Å². The summed E-state index contributed by atoms with van der Waals surface area (Å²) in [7, 11) is 0. The van der Waals surface area contributed by atoms with E-state index < -0.39 is 0 Å². The van der Waals surface area contributed by atoms with Crippen LogP contribution in [-0.2, 0) is 0 Å². The van der Waals surface area contributed by atoms with Gasteiger partial charge in [-0.1, -0.05) is 12.8 Å². The monoisotopic (exact) mass is 355 g/mol. The maximum atomic E-state index is 13.1. The van der Waals surface area contributed by atoms with Gasteiger partial charge in [-0.2, -0.15) is 0 Å². The first-order chi connectivity index (χ1) is 12.8. The first-order valence-electron chi connectivity index (χ1n) is 9.62. The van der Waals surface area contributed by atoms with Crippen LogP contribution in [0.15, 0.2) is 36.7 Å². The molecule has 2 aromatic rings. The van der Waals surface area contributed by atoms with Gasteiger partial charge in [-0.05, 0) is 37.1 Å². The minimum atomic E-state index is -0.186. The molecule has 0 atom stereocenters. The standard InChI is InChI=1S/C20H26FN5/c21-17-5-7-18(8-6-17)24-11-13-26(14-12-24)20-15-19(22-16-23-20)25-9-3-1-2-4-10-25/h5-8,15-16H,1-4,9-14H2. The molecule has 0 saturated carbocycles. The molecule has 4 rings (SSSR count). The third-order valence-electron chi connectivity index (χ3n) is 5.36. The van der Waals surface area contributed by atoms with Crippen LogP contribution in [0.4, 0.5) is 21.7 Å². The second kappa shape index (κ2) is 7.89. The molecule has 2 aliphatic rings. The van der Waals surface area contributed by atoms with Gasteiger partial charge in [0.2, 0.25) is 0 Å². The number of benzene rings is 1. The third kappa shape index (κ3) is 3.89. The van der Waals surface area contributed by atoms with Gasteiger partial charge in [0.1, 0.15) is 23.8 Å². The molecule has 0 N–H and O–H groups in total. The Morgan fingerprint density at radius 1 is 0.654 bits per heavy atom. The predicted octanol–water partition coefficient (Wildman–Crippen LogP) is 3.32. The second-order valence-electron chi connectivity index (χ2n) is 7.09. The van der Waals surface area contributed by atoms with Crippen molar-refractivity contribution >= 4 is 17.3 Å². The average molecular weight is 355 g/mol. The zero-order chi connectivity index (χ0) is 17.8. The molecule has 2 saturated heterocycles. The SMILES string of the molecule is Fc1ccc(N2CCN(c3cc(N4CCCCCC4)ncn3)CC2)cc1. The molecule has 0 aliphatic carbocycles. The van der Waals surface area contributed by atoms with E-state index in [4.69, 9.17) is 0 Å². The van der Waals surface area contributed by atoms with E-state index >= 15 is 0 Å². The van der Waals surface area contributed by atoms with Crippen LogP contribution in [0.1, 0.15) is 25.7 Å². The summed E-state index contributed by atoms with van der Waals surface area (Å²) in [6.45, 7) is 5.83. The molecule has 2 aliphatic heterocycles. The molecule has 0 bridgehead atoms. The summed E-state index contributed by atoms with van der Waals surface area (Å²) in [6.07, 6.45) is 6.83. The number of halogens is 1. The van der Waals surface area contributed by atoms with Gasteiger partial charge in [0, 0.05) is 51.0 Å². The molecule has 1 aromatic carbocycles. The van der Waals surface area contributed by atoms with Crippen molar-refractivity contribution in [3.05, 3.63) is 42.5 Å². The third-order valence-corrected chi connectivity index (χ3v) is 5.36. The first kappa shape index (κ1) is 17.1. The van der Waals surface area contributed by atoms with Crippen LogP contribution in [0, 0.1) is 5.82 Å². The van der Waals surface area contributed by atoms with Gasteiger partial charge in [0.05, 0.1) is 0 Å². The molecule has 5 nitrogen and oxygen atoms in total. The maximum Gasteiger partial charge on any atom is 0.134 e. The van der Waals surface area contributed by atoms with Crippen LogP contribution in [0.5, 0.6) is 0 Å². The lowest BCUT2D eigenvalue weighted by Crippen LogP contribution is -2.46. The average Bonchev–Trinajstić information content (AvgIpc) is 2.98. The van der Waals surface area contributed by atoms with Gasteiger partial charge in [0.25, 0.3) is 0 Å². The highest BCUT2D eigenvalue weighted by atomic mass is 19.1. The van der Waals surface area contributed by atoms with Crippen molar-refractivity contribution in [1.29, 1.82) is 0 Å². The summed E-state index contributed by atoms with van der Waals surface area (Å²) in [6, 6.07) is 8.90. The van der Waals surface area contributed by atoms with Gasteiger partial charge in [0.15, 0.2) is 0 Å². The quantitative estimate of drug-likeness (QED) is 0.844. The Morgan fingerprint density at radius 2 is 1.19 bits per heavy atom. The molecule has 0 spiro atoms. The fraction of sp³-hybridized carbons (Fsp3) is 0.500. The smallest absolute Gasteiger partial charge is 0.134 e. The minimum absolute atomic E-state index is 0.186. The van der Waals surface area contributed by atoms with E-state index in [9.17, 15) is 4.39 Å². The van der Waals surface area contributed by atoms with E-state index in [0.29, 0.717) is 0 Å². The molecule has 26 heavy (non-hydrogen) atoms. The fourth-order valence-electron chi connectivity index (χ4n) is 3.83. The molecule has 3 heterocycles. The van der Waals surface area contributed by atoms with Gasteiger partial charge in [-0.15, -0.1) is 0 Å². The second-order valence-corrected chi connectivity index (χ2v) is 7.09. The predicted molar refractivity (Wildman–Crippen MR) is 104 cm³/mol. The Balaban J connectivity index is 1.41. The van der Waals surface area contributed by atoms with Crippen LogP contribution in [0.25, 0.3) is 0 Å². The molecular formula is C20H26FN5. The molecule has 138 valence electrons. The first-order valence-corrected chi connectivity index (χ1v) is 9.62. The number of nitrogens with zero attached hydrogens (tertiary/aromatic N) is 5. The number of hydrogen-bond donors (Lipinski definition) is 0. The van der Waals surface area contributed by atoms with E-state index in [-0.39, 0.29) is 5.82 Å². The topological polar surface area (TPSA) is 35.5 Å². The lowest BCUT2D eigenvalue weighted by molar-refractivity contribution is 0.624. The Morgan fingerprint density at radius 3 is 1.81 bits per heavy atom. The van der Waals surface area contributed by atoms with Crippen LogP contribution in [0.3, 0.4) is 0 Å². The molecule has 2 fully saturated rings. The van der Waals surface area contributed by atoms with Crippen LogP contribution >= 0.6 is 0 Å². The molecule has 6 heteroatoms. The van der Waals surface area contributed by atoms with E-state index in [2.05, 4.69) is 30.7 Å². The summed E-state index contributed by atoms with van der Waals surface area (Å²) in [5.41, 5.74) is 1.08. The molecule has 0 amide bonds. The highest BCUT2D eigenvalue weighted by Gasteiger charge is 2.20. The Bertz CT molecular complexity index is 704. The number of rotatable bonds is 3. The van der Waals surface area contributed by atoms with Gasteiger partial charge in [-0.25, -0.2) is 14.4 Å². The van der Waals surface area contributed by atoms with Crippen LogP contribution in [0.2, 0.25) is 0 Å². The molecule has 1 aromatic heterocycles. The largest absolute Gasteiger partial charge is 0.368 e. The van der Waals surface area contributed by atoms with Crippen molar-refractivity contribution in [3.8, 4) is 0 Å². The summed E-state index contributed by atoms with van der Waals surface area (Å²) in [5, 5.41) is 0. The Labute approximate surface area is 154 Å². The van der Waals surface area contributed by atoms with Crippen molar-refractivity contribution in [2.45, 2.75) is 25.7 Å². The Hall–Kier alpha value is -2.37. The minimum Gasteiger partial charge on any atom is -0.368 e. The van der Waals surface area contributed by atoms with Gasteiger partial charge >= 0.3 is 0 Å². The zero-order valence-corrected chi connectivity index (χ0v) is 15.1. The number of anilines is 3. The van der Waals surface area contributed by atoms with Crippen molar-refractivity contribution in [2.75, 3.05) is 54.0 Å². The molecule has 0 unspecified atom stereocenters. The summed E-state index contributed by atoms with van der Waals surface area (Å²) in [4.78, 5) is 16.0. The highest BCUT2D eigenvalue weighted by Crippen LogP contribution is 2.23. The van der Waals surface area contributed by atoms with E-state index in [1.807, 2.05) is 12.1 Å². The fourth-order valence-corrected chi connectivity index (χ4v) is 3.83. The number of piperazine rings is 1. The lowest BCUT2D eigenvalue weighted by atomic mass is 10.2. The summed E-state index contributed by atoms with van der Waals surface area (Å²) < 4.78 is 13.1. The summed E-state index contributed by atoms with van der Waals surface area (Å²) in [5.74, 6) is 1.88.